The topological polar surface area (TPSA) is 70.7 Å². The van der Waals surface area contributed by atoms with Crippen molar-refractivity contribution in [1.29, 1.82) is 0 Å². The van der Waals surface area contributed by atoms with Gasteiger partial charge in [-0.1, -0.05) is 23.8 Å². The lowest BCUT2D eigenvalue weighted by Crippen LogP contribution is -2.48. The number of hydrogen-bond acceptors (Lipinski definition) is 4. The van der Waals surface area contributed by atoms with Crippen LogP contribution in [0.4, 0.5) is 4.79 Å². The van der Waals surface area contributed by atoms with Crippen molar-refractivity contribution in [2.45, 2.75) is 32.7 Å². The van der Waals surface area contributed by atoms with Crippen molar-refractivity contribution in [3.63, 3.8) is 0 Å². The van der Waals surface area contributed by atoms with Gasteiger partial charge < -0.3 is 15.4 Å². The summed E-state index contributed by atoms with van der Waals surface area (Å²) >= 11 is 0. The van der Waals surface area contributed by atoms with E-state index in [1.54, 1.807) is 0 Å². The third-order valence-corrected chi connectivity index (χ3v) is 4.89. The van der Waals surface area contributed by atoms with Gasteiger partial charge in [-0.15, -0.1) is 0 Å². The van der Waals surface area contributed by atoms with Crippen LogP contribution in [0.15, 0.2) is 29.5 Å². The molecule has 134 valence electrons. The summed E-state index contributed by atoms with van der Waals surface area (Å²) in [7, 11) is 1.37. The van der Waals surface area contributed by atoms with Crippen molar-refractivity contribution in [1.82, 2.24) is 15.5 Å². The average Bonchev–Trinajstić information content (AvgIpc) is 3.09. The Hall–Kier alpha value is -2.34. The number of methoxy groups -OCH3 is 1. The number of ether oxygens (including phenoxy) is 1. The summed E-state index contributed by atoms with van der Waals surface area (Å²) in [6.45, 7) is 6.50. The van der Waals surface area contributed by atoms with Crippen molar-refractivity contribution in [2.75, 3.05) is 26.7 Å². The van der Waals surface area contributed by atoms with Gasteiger partial charge in [-0.2, -0.15) is 0 Å². The van der Waals surface area contributed by atoms with Crippen LogP contribution in [0.1, 0.15) is 35.6 Å². The molecule has 1 atom stereocenters. The van der Waals surface area contributed by atoms with Crippen molar-refractivity contribution < 1.29 is 14.3 Å². The third-order valence-electron chi connectivity index (χ3n) is 4.89. The molecule has 1 saturated heterocycles. The summed E-state index contributed by atoms with van der Waals surface area (Å²) in [5, 5.41) is 5.72. The molecule has 0 bridgehead atoms. The van der Waals surface area contributed by atoms with Gasteiger partial charge in [0.05, 0.1) is 18.7 Å². The lowest BCUT2D eigenvalue weighted by atomic mass is 9.91. The van der Waals surface area contributed by atoms with E-state index < -0.39 is 12.0 Å². The van der Waals surface area contributed by atoms with E-state index in [1.807, 2.05) is 32.0 Å². The lowest BCUT2D eigenvalue weighted by molar-refractivity contribution is -0.136. The smallest absolute Gasteiger partial charge is 0.338 e. The van der Waals surface area contributed by atoms with Gasteiger partial charge in [0.25, 0.3) is 0 Å². The first-order valence-corrected chi connectivity index (χ1v) is 8.68. The molecule has 2 aliphatic rings. The standard InChI is InChI=1S/C19H25N3O3/c1-12-6-7-13(2)14(10-12)17-16(18(23)25-3)15(20-19(24)21-17)11-22-8-4-5-9-22/h6-7,10,17H,4-5,8-9,11H2,1-3H3,(H2,20,21,24)/t17-/m0/s1. The number of rotatable bonds is 4. The van der Waals surface area contributed by atoms with Gasteiger partial charge in [0.1, 0.15) is 0 Å². The van der Waals surface area contributed by atoms with Crippen molar-refractivity contribution in [2.24, 2.45) is 0 Å². The molecule has 3 rings (SSSR count). The van der Waals surface area contributed by atoms with Crippen molar-refractivity contribution >= 4 is 12.0 Å². The van der Waals surface area contributed by atoms with Crippen LogP contribution in [0.25, 0.3) is 0 Å². The number of amides is 2. The van der Waals surface area contributed by atoms with Crippen LogP contribution in [-0.2, 0) is 9.53 Å². The third kappa shape index (κ3) is 3.69. The number of carbonyl (C=O) groups excluding carboxylic acids is 2. The highest BCUT2D eigenvalue weighted by Gasteiger charge is 2.35. The summed E-state index contributed by atoms with van der Waals surface area (Å²) in [4.78, 5) is 27.1. The van der Waals surface area contributed by atoms with E-state index in [9.17, 15) is 9.59 Å². The molecule has 6 nitrogen and oxygen atoms in total. The van der Waals surface area contributed by atoms with Gasteiger partial charge in [-0.3, -0.25) is 4.90 Å². The molecule has 1 aromatic carbocycles. The molecule has 25 heavy (non-hydrogen) atoms. The molecule has 0 saturated carbocycles. The summed E-state index contributed by atoms with van der Waals surface area (Å²) in [6.07, 6.45) is 2.29. The maximum absolute atomic E-state index is 12.5. The zero-order valence-corrected chi connectivity index (χ0v) is 15.0. The summed E-state index contributed by atoms with van der Waals surface area (Å²) < 4.78 is 5.03. The first-order chi connectivity index (χ1) is 12.0. The fourth-order valence-electron chi connectivity index (χ4n) is 3.56. The average molecular weight is 343 g/mol. The Morgan fingerprint density at radius 3 is 2.68 bits per heavy atom. The zero-order chi connectivity index (χ0) is 18.0. The summed E-state index contributed by atoms with van der Waals surface area (Å²) in [5.74, 6) is -0.410. The molecular weight excluding hydrogens is 318 g/mol. The highest BCUT2D eigenvalue weighted by atomic mass is 16.5. The number of nitrogens with one attached hydrogen (secondary N) is 2. The molecule has 2 heterocycles. The molecule has 1 aromatic rings. The molecule has 0 radical (unpaired) electrons. The molecule has 0 aromatic heterocycles. The zero-order valence-electron chi connectivity index (χ0n) is 15.0. The normalized spacial score (nSPS) is 21.1. The first-order valence-electron chi connectivity index (χ1n) is 8.68. The Morgan fingerprint density at radius 2 is 2.00 bits per heavy atom. The number of aryl methyl sites for hydroxylation is 2. The number of likely N-dealkylation sites (tertiary alicyclic amines) is 1. The number of hydrogen-bond donors (Lipinski definition) is 2. The monoisotopic (exact) mass is 343 g/mol. The summed E-state index contributed by atoms with van der Waals surface area (Å²) in [5.41, 5.74) is 4.17. The molecule has 6 heteroatoms. The van der Waals surface area contributed by atoms with Gasteiger partial charge in [0.2, 0.25) is 0 Å². The van der Waals surface area contributed by atoms with Crippen LogP contribution >= 0.6 is 0 Å². The molecule has 2 N–H and O–H groups in total. The fraction of sp³-hybridized carbons (Fsp3) is 0.474. The molecule has 0 spiro atoms. The first kappa shape index (κ1) is 17.5. The number of carbonyl (C=O) groups is 2. The minimum Gasteiger partial charge on any atom is -0.466 e. The Kier molecular flexibility index (Phi) is 5.08. The molecule has 2 aliphatic heterocycles. The Balaban J connectivity index is 2.05. The Labute approximate surface area is 148 Å². The molecule has 0 unspecified atom stereocenters. The minimum absolute atomic E-state index is 0.284. The van der Waals surface area contributed by atoms with Gasteiger partial charge in [0.15, 0.2) is 0 Å². The van der Waals surface area contributed by atoms with Crippen LogP contribution in [-0.4, -0.2) is 43.6 Å². The lowest BCUT2D eigenvalue weighted by Gasteiger charge is -2.31. The van der Waals surface area contributed by atoms with E-state index in [1.165, 1.54) is 7.11 Å². The van der Waals surface area contributed by atoms with E-state index in [-0.39, 0.29) is 6.03 Å². The minimum atomic E-state index is -0.501. The Bertz CT molecular complexity index is 721. The van der Waals surface area contributed by atoms with E-state index >= 15 is 0 Å². The maximum atomic E-state index is 12.5. The van der Waals surface area contributed by atoms with Crippen LogP contribution in [0.5, 0.6) is 0 Å². The number of urea groups is 1. The number of esters is 1. The van der Waals surface area contributed by atoms with Crippen LogP contribution in [0.3, 0.4) is 0 Å². The number of nitrogens with zero attached hydrogens (tertiary/aromatic N) is 1. The van der Waals surface area contributed by atoms with Crippen LogP contribution < -0.4 is 10.6 Å². The predicted molar refractivity (Wildman–Crippen MR) is 95.0 cm³/mol. The highest BCUT2D eigenvalue weighted by molar-refractivity contribution is 5.95. The van der Waals surface area contributed by atoms with E-state index in [0.29, 0.717) is 17.8 Å². The largest absolute Gasteiger partial charge is 0.466 e. The summed E-state index contributed by atoms with van der Waals surface area (Å²) in [6, 6.07) is 5.26. The van der Waals surface area contributed by atoms with E-state index in [4.69, 9.17) is 4.74 Å². The molecule has 2 amide bonds. The van der Waals surface area contributed by atoms with E-state index in [0.717, 1.165) is 42.6 Å². The number of benzene rings is 1. The van der Waals surface area contributed by atoms with Gasteiger partial charge in [0, 0.05) is 12.2 Å². The molecule has 0 aliphatic carbocycles. The maximum Gasteiger partial charge on any atom is 0.338 e. The van der Waals surface area contributed by atoms with Crippen LogP contribution in [0.2, 0.25) is 0 Å². The molecular formula is C19H25N3O3. The van der Waals surface area contributed by atoms with E-state index in [2.05, 4.69) is 15.5 Å². The van der Waals surface area contributed by atoms with Crippen LogP contribution in [0, 0.1) is 13.8 Å². The van der Waals surface area contributed by atoms with Crippen molar-refractivity contribution in [3.05, 3.63) is 46.2 Å². The van der Waals surface area contributed by atoms with Gasteiger partial charge in [-0.25, -0.2) is 9.59 Å². The van der Waals surface area contributed by atoms with Crippen molar-refractivity contribution in [3.8, 4) is 0 Å². The fourth-order valence-corrected chi connectivity index (χ4v) is 3.56. The highest BCUT2D eigenvalue weighted by Crippen LogP contribution is 2.31. The molecule has 1 fully saturated rings. The quantitative estimate of drug-likeness (QED) is 0.822. The second-order valence-electron chi connectivity index (χ2n) is 6.76. The Morgan fingerprint density at radius 1 is 1.28 bits per heavy atom. The second kappa shape index (κ2) is 7.27. The van der Waals surface area contributed by atoms with Gasteiger partial charge in [-0.05, 0) is 50.9 Å². The second-order valence-corrected chi connectivity index (χ2v) is 6.76. The SMILES string of the molecule is COC(=O)C1=C(CN2CCCC2)NC(=O)N[C@H]1c1cc(C)ccc1C. The van der Waals surface area contributed by atoms with Gasteiger partial charge >= 0.3 is 12.0 Å². The predicted octanol–water partition coefficient (Wildman–Crippen LogP) is 2.18.